The Morgan fingerprint density at radius 3 is 2.69 bits per heavy atom. The van der Waals surface area contributed by atoms with Crippen molar-refractivity contribution >= 4 is 0 Å². The highest BCUT2D eigenvalue weighted by Gasteiger charge is 2.55. The van der Waals surface area contributed by atoms with Crippen LogP contribution in [0.3, 0.4) is 0 Å². The highest BCUT2D eigenvalue weighted by molar-refractivity contribution is 5.22. The lowest BCUT2D eigenvalue weighted by Gasteiger charge is -2.11. The fourth-order valence-corrected chi connectivity index (χ4v) is 3.05. The van der Waals surface area contributed by atoms with Crippen LogP contribution < -0.4 is 0 Å². The number of allylic oxidation sites excluding steroid dienone is 2. The van der Waals surface area contributed by atoms with E-state index in [4.69, 9.17) is 0 Å². The number of aliphatic hydroxyl groups is 1. The molecule has 1 saturated carbocycles. The molecule has 1 N–H and O–H groups in total. The molecule has 0 heterocycles. The smallest absolute Gasteiger partial charge is 0.0782 e. The van der Waals surface area contributed by atoms with Gasteiger partial charge in [0, 0.05) is 0 Å². The molecule has 1 nitrogen and oxygen atoms in total. The Hall–Kier alpha value is -0.560. The Bertz CT molecular complexity index is 335. The molecule has 2 aliphatic rings. The minimum absolute atomic E-state index is 0.273. The van der Waals surface area contributed by atoms with Crippen molar-refractivity contribution in [1.29, 1.82) is 0 Å². The maximum atomic E-state index is 10.0. The highest BCUT2D eigenvalue weighted by atomic mass is 16.3. The van der Waals surface area contributed by atoms with Crippen molar-refractivity contribution in [3.63, 3.8) is 0 Å². The first-order valence-electron chi connectivity index (χ1n) is 6.45. The average molecular weight is 220 g/mol. The molecule has 0 unspecified atom stereocenters. The van der Waals surface area contributed by atoms with Crippen LogP contribution in [0, 0.1) is 17.3 Å². The molecule has 2 rings (SSSR count). The Morgan fingerprint density at radius 2 is 2.00 bits per heavy atom. The standard InChI is InChI=1S/C15H24O/c1-10-5-7-12-13(15(12,3)4)9-11(2)14(16)8-6-10/h6,9,12-14,16H,5,7-8H2,1-4H3/b10-6+,11-9+/t12-,13+,14-/m0/s1. The van der Waals surface area contributed by atoms with Gasteiger partial charge >= 0.3 is 0 Å². The fraction of sp³-hybridized carbons (Fsp3) is 0.733. The molecule has 16 heavy (non-hydrogen) atoms. The van der Waals surface area contributed by atoms with Crippen molar-refractivity contribution in [1.82, 2.24) is 0 Å². The summed E-state index contributed by atoms with van der Waals surface area (Å²) < 4.78 is 0. The van der Waals surface area contributed by atoms with Crippen LogP contribution in [0.15, 0.2) is 23.3 Å². The molecule has 0 radical (unpaired) electrons. The number of rotatable bonds is 0. The van der Waals surface area contributed by atoms with Crippen molar-refractivity contribution in [2.75, 3.05) is 0 Å². The van der Waals surface area contributed by atoms with Gasteiger partial charge in [0.05, 0.1) is 6.10 Å². The molecule has 0 bridgehead atoms. The molecule has 1 heteroatoms. The van der Waals surface area contributed by atoms with Crippen LogP contribution in [0.4, 0.5) is 0 Å². The predicted octanol–water partition coefficient (Wildman–Crippen LogP) is 3.70. The number of aliphatic hydroxyl groups excluding tert-OH is 1. The van der Waals surface area contributed by atoms with Gasteiger partial charge in [-0.1, -0.05) is 31.6 Å². The minimum atomic E-state index is -0.273. The Labute approximate surface area is 99.3 Å². The average Bonchev–Trinajstić information content (AvgIpc) is 2.72. The van der Waals surface area contributed by atoms with E-state index in [-0.39, 0.29) is 6.10 Å². The zero-order chi connectivity index (χ0) is 11.9. The topological polar surface area (TPSA) is 20.2 Å². The van der Waals surface area contributed by atoms with Crippen molar-refractivity contribution in [3.05, 3.63) is 23.3 Å². The van der Waals surface area contributed by atoms with Gasteiger partial charge in [0.2, 0.25) is 0 Å². The van der Waals surface area contributed by atoms with Crippen LogP contribution in [0.5, 0.6) is 0 Å². The molecule has 0 aromatic rings. The van der Waals surface area contributed by atoms with Crippen LogP contribution in [0.2, 0.25) is 0 Å². The zero-order valence-electron chi connectivity index (χ0n) is 11.0. The fourth-order valence-electron chi connectivity index (χ4n) is 3.05. The number of hydrogen-bond donors (Lipinski definition) is 1. The maximum Gasteiger partial charge on any atom is 0.0782 e. The second-order valence-corrected chi connectivity index (χ2v) is 6.20. The first-order chi connectivity index (χ1) is 7.43. The van der Waals surface area contributed by atoms with E-state index in [0.29, 0.717) is 11.3 Å². The van der Waals surface area contributed by atoms with E-state index in [2.05, 4.69) is 39.8 Å². The predicted molar refractivity (Wildman–Crippen MR) is 68.1 cm³/mol. The minimum Gasteiger partial charge on any atom is -0.388 e. The lowest BCUT2D eigenvalue weighted by Crippen LogP contribution is -2.08. The summed E-state index contributed by atoms with van der Waals surface area (Å²) in [5.74, 6) is 1.50. The van der Waals surface area contributed by atoms with E-state index in [9.17, 15) is 5.11 Å². The molecular weight excluding hydrogens is 196 g/mol. The summed E-state index contributed by atoms with van der Waals surface area (Å²) >= 11 is 0. The quantitative estimate of drug-likeness (QED) is 0.617. The SMILES string of the molecule is C/C1=C\C[C@H](O)/C(C)=C/[C@@H]2[C@H](CC1)C2(C)C. The van der Waals surface area contributed by atoms with Crippen molar-refractivity contribution in [2.24, 2.45) is 17.3 Å². The van der Waals surface area contributed by atoms with Crippen molar-refractivity contribution in [2.45, 2.75) is 53.1 Å². The first kappa shape index (κ1) is 11.9. The van der Waals surface area contributed by atoms with Gasteiger partial charge in [-0.25, -0.2) is 0 Å². The van der Waals surface area contributed by atoms with Gasteiger partial charge in [-0.2, -0.15) is 0 Å². The summed E-state index contributed by atoms with van der Waals surface area (Å²) in [6.07, 6.45) is 7.54. The molecule has 3 atom stereocenters. The third kappa shape index (κ3) is 2.10. The van der Waals surface area contributed by atoms with Gasteiger partial charge in [-0.3, -0.25) is 0 Å². The summed E-state index contributed by atoms with van der Waals surface area (Å²) in [7, 11) is 0. The van der Waals surface area contributed by atoms with Crippen LogP contribution in [-0.2, 0) is 0 Å². The van der Waals surface area contributed by atoms with E-state index in [1.165, 1.54) is 18.4 Å². The van der Waals surface area contributed by atoms with Gasteiger partial charge in [0.15, 0.2) is 0 Å². The Morgan fingerprint density at radius 1 is 1.31 bits per heavy atom. The summed E-state index contributed by atoms with van der Waals surface area (Å²) in [6.45, 7) is 8.98. The second kappa shape index (κ2) is 4.03. The molecule has 0 aromatic heterocycles. The normalized spacial score (nSPS) is 44.7. The zero-order valence-corrected chi connectivity index (χ0v) is 11.0. The molecule has 0 aliphatic heterocycles. The Balaban J connectivity index is 2.20. The molecule has 0 spiro atoms. The molecule has 0 aromatic carbocycles. The van der Waals surface area contributed by atoms with Crippen LogP contribution >= 0.6 is 0 Å². The number of hydrogen-bond acceptors (Lipinski definition) is 1. The lowest BCUT2D eigenvalue weighted by atomic mass is 10.00. The third-order valence-corrected chi connectivity index (χ3v) is 4.65. The van der Waals surface area contributed by atoms with E-state index in [1.54, 1.807) is 0 Å². The second-order valence-electron chi connectivity index (χ2n) is 6.20. The van der Waals surface area contributed by atoms with Crippen molar-refractivity contribution < 1.29 is 5.11 Å². The van der Waals surface area contributed by atoms with Crippen LogP contribution in [0.25, 0.3) is 0 Å². The molecule has 0 amide bonds. The van der Waals surface area contributed by atoms with E-state index in [0.717, 1.165) is 17.9 Å². The molecule has 0 saturated heterocycles. The molecule has 90 valence electrons. The number of fused-ring (bicyclic) bond motifs is 1. The van der Waals surface area contributed by atoms with Gasteiger partial charge in [0.25, 0.3) is 0 Å². The van der Waals surface area contributed by atoms with E-state index >= 15 is 0 Å². The maximum absolute atomic E-state index is 10.0. The largest absolute Gasteiger partial charge is 0.388 e. The monoisotopic (exact) mass is 220 g/mol. The van der Waals surface area contributed by atoms with Gasteiger partial charge in [-0.05, 0) is 55.9 Å². The molecule has 2 aliphatic carbocycles. The molecular formula is C15H24O. The van der Waals surface area contributed by atoms with Crippen molar-refractivity contribution in [3.8, 4) is 0 Å². The van der Waals surface area contributed by atoms with Gasteiger partial charge < -0.3 is 5.11 Å². The van der Waals surface area contributed by atoms with Crippen LogP contribution in [-0.4, -0.2) is 11.2 Å². The first-order valence-corrected chi connectivity index (χ1v) is 6.45. The third-order valence-electron chi connectivity index (χ3n) is 4.65. The Kier molecular flexibility index (Phi) is 3.00. The van der Waals surface area contributed by atoms with E-state index in [1.807, 2.05) is 0 Å². The van der Waals surface area contributed by atoms with Crippen LogP contribution in [0.1, 0.15) is 47.0 Å². The lowest BCUT2D eigenvalue weighted by molar-refractivity contribution is 0.213. The van der Waals surface area contributed by atoms with Gasteiger partial charge in [-0.15, -0.1) is 0 Å². The summed E-state index contributed by atoms with van der Waals surface area (Å²) in [6, 6.07) is 0. The van der Waals surface area contributed by atoms with Gasteiger partial charge in [0.1, 0.15) is 0 Å². The summed E-state index contributed by atoms with van der Waals surface area (Å²) in [5.41, 5.74) is 3.05. The highest BCUT2D eigenvalue weighted by Crippen LogP contribution is 2.61. The summed E-state index contributed by atoms with van der Waals surface area (Å²) in [5, 5.41) is 10.0. The summed E-state index contributed by atoms with van der Waals surface area (Å²) in [4.78, 5) is 0. The van der Waals surface area contributed by atoms with E-state index < -0.39 is 0 Å². The molecule has 1 fully saturated rings.